The van der Waals surface area contributed by atoms with Gasteiger partial charge in [0.05, 0.1) is 9.95 Å². The fourth-order valence-electron chi connectivity index (χ4n) is 2.14. The van der Waals surface area contributed by atoms with Gasteiger partial charge in [0.25, 0.3) is 5.91 Å². The third-order valence-electron chi connectivity index (χ3n) is 3.42. The van der Waals surface area contributed by atoms with Gasteiger partial charge in [-0.15, -0.1) is 0 Å². The van der Waals surface area contributed by atoms with Crippen LogP contribution in [0.2, 0.25) is 5.02 Å². The van der Waals surface area contributed by atoms with E-state index in [0.717, 1.165) is 12.4 Å². The van der Waals surface area contributed by atoms with E-state index in [4.69, 9.17) is 11.6 Å². The molecule has 0 aliphatic carbocycles. The van der Waals surface area contributed by atoms with E-state index < -0.39 is 22.3 Å². The normalized spacial score (nSPS) is 10.2. The highest BCUT2D eigenvalue weighted by atomic mass is 35.5. The van der Waals surface area contributed by atoms with E-state index in [1.165, 1.54) is 36.7 Å². The van der Waals surface area contributed by atoms with Crippen molar-refractivity contribution in [2.24, 2.45) is 0 Å². The van der Waals surface area contributed by atoms with E-state index in [0.29, 0.717) is 5.56 Å². The Kier molecular flexibility index (Phi) is 5.56. The van der Waals surface area contributed by atoms with Crippen LogP contribution in [0.25, 0.3) is 0 Å². The summed E-state index contributed by atoms with van der Waals surface area (Å²) in [5, 5.41) is 14.0. The number of nitrogens with zero attached hydrogens (tertiary/aromatic N) is 4. The molecule has 0 saturated heterocycles. The van der Waals surface area contributed by atoms with Crippen LogP contribution in [0.1, 0.15) is 10.4 Å². The number of hydrogen-bond donors (Lipinski definition) is 3. The van der Waals surface area contributed by atoms with Gasteiger partial charge >= 0.3 is 5.69 Å². The minimum Gasteiger partial charge on any atom is -0.334 e. The molecule has 3 N–H and O–H groups in total. The molecule has 0 spiro atoms. The lowest BCUT2D eigenvalue weighted by Gasteiger charge is -2.11. The molecule has 0 fully saturated rings. The third-order valence-corrected chi connectivity index (χ3v) is 3.71. The molecule has 1 aromatic carbocycles. The van der Waals surface area contributed by atoms with Crippen LogP contribution in [0.5, 0.6) is 0 Å². The van der Waals surface area contributed by atoms with Gasteiger partial charge in [-0.25, -0.2) is 14.4 Å². The smallest absolute Gasteiger partial charge is 0.334 e. The lowest BCUT2D eigenvalue weighted by Crippen LogP contribution is -2.30. The van der Waals surface area contributed by atoms with Crippen LogP contribution in [-0.2, 0) is 0 Å². The first-order valence-corrected chi connectivity index (χ1v) is 8.01. The van der Waals surface area contributed by atoms with Crippen molar-refractivity contribution in [2.75, 3.05) is 10.7 Å². The van der Waals surface area contributed by atoms with Gasteiger partial charge in [-0.3, -0.25) is 30.7 Å². The van der Waals surface area contributed by atoms with Crippen molar-refractivity contribution < 1.29 is 14.1 Å². The van der Waals surface area contributed by atoms with Gasteiger partial charge in [-0.2, -0.15) is 0 Å². The number of anilines is 3. The van der Waals surface area contributed by atoms with Gasteiger partial charge in [0, 0.05) is 23.6 Å². The summed E-state index contributed by atoms with van der Waals surface area (Å²) in [6, 6.07) is 6.63. The van der Waals surface area contributed by atoms with Crippen LogP contribution in [0.15, 0.2) is 49.1 Å². The van der Waals surface area contributed by atoms with Crippen molar-refractivity contribution in [2.45, 2.75) is 0 Å². The summed E-state index contributed by atoms with van der Waals surface area (Å²) in [4.78, 5) is 34.3. The Morgan fingerprint density at radius 2 is 1.86 bits per heavy atom. The molecule has 3 rings (SSSR count). The second kappa shape index (κ2) is 8.22. The summed E-state index contributed by atoms with van der Waals surface area (Å²) in [7, 11) is 0. The Morgan fingerprint density at radius 1 is 1.14 bits per heavy atom. The van der Waals surface area contributed by atoms with E-state index in [9.17, 15) is 19.3 Å². The third kappa shape index (κ3) is 4.27. The molecular weight excluding hydrogens is 393 g/mol. The number of carbonyl (C=O) groups excluding carboxylic acids is 1. The maximum atomic E-state index is 13.3. The van der Waals surface area contributed by atoms with Crippen LogP contribution in [0.4, 0.5) is 27.4 Å². The predicted octanol–water partition coefficient (Wildman–Crippen LogP) is 3.07. The minimum absolute atomic E-state index is 0.162. The Balaban J connectivity index is 1.84. The predicted molar refractivity (Wildman–Crippen MR) is 98.7 cm³/mol. The molecule has 1 amide bonds. The summed E-state index contributed by atoms with van der Waals surface area (Å²) in [5.41, 5.74) is 4.75. The highest BCUT2D eigenvalue weighted by Crippen LogP contribution is 2.31. The number of benzene rings is 1. The number of nitro groups is 1. The molecule has 0 unspecified atom stereocenters. The van der Waals surface area contributed by atoms with Crippen molar-refractivity contribution in [3.05, 3.63) is 75.6 Å². The number of hydrazine groups is 1. The number of halogens is 2. The molecule has 0 radical (unpaired) electrons. The quantitative estimate of drug-likeness (QED) is 0.422. The van der Waals surface area contributed by atoms with E-state index in [-0.39, 0.29) is 22.3 Å². The maximum Gasteiger partial charge on any atom is 0.355 e. The molecule has 0 aliphatic heterocycles. The summed E-state index contributed by atoms with van der Waals surface area (Å²) >= 11 is 5.71. The molecule has 0 atom stereocenters. The first-order chi connectivity index (χ1) is 13.5. The van der Waals surface area contributed by atoms with Crippen molar-refractivity contribution in [1.29, 1.82) is 0 Å². The van der Waals surface area contributed by atoms with Gasteiger partial charge in [-0.1, -0.05) is 11.6 Å². The van der Waals surface area contributed by atoms with Crippen LogP contribution < -0.4 is 16.2 Å². The van der Waals surface area contributed by atoms with Gasteiger partial charge in [0.1, 0.15) is 12.1 Å². The summed E-state index contributed by atoms with van der Waals surface area (Å²) in [5.74, 6) is -1.61. The van der Waals surface area contributed by atoms with Crippen LogP contribution >= 0.6 is 11.6 Å². The van der Waals surface area contributed by atoms with Crippen molar-refractivity contribution in [1.82, 2.24) is 20.4 Å². The Morgan fingerprint density at radius 3 is 2.54 bits per heavy atom. The lowest BCUT2D eigenvalue weighted by atomic mass is 10.2. The molecular formula is C16H11ClFN7O3. The van der Waals surface area contributed by atoms with E-state index >= 15 is 0 Å². The standard InChI is InChI=1S/C16H11ClFN7O3/c17-11-7-10(1-2-12(11)18)22-14-13(25(27)28)15(21-8-20-14)23-24-16(26)9-3-5-19-6-4-9/h1-8H,(H,24,26)(H2,20,21,22,23). The minimum atomic E-state index is -0.728. The summed E-state index contributed by atoms with van der Waals surface area (Å²) in [6.45, 7) is 0. The number of amides is 1. The topological polar surface area (TPSA) is 135 Å². The number of hydrogen-bond acceptors (Lipinski definition) is 8. The van der Waals surface area contributed by atoms with Gasteiger partial charge in [-0.05, 0) is 30.3 Å². The van der Waals surface area contributed by atoms with E-state index in [1.807, 2.05) is 0 Å². The highest BCUT2D eigenvalue weighted by molar-refractivity contribution is 6.31. The fraction of sp³-hybridized carbons (Fsp3) is 0. The van der Waals surface area contributed by atoms with Gasteiger partial charge in [0.2, 0.25) is 11.6 Å². The van der Waals surface area contributed by atoms with E-state index in [2.05, 4.69) is 31.1 Å². The first kappa shape index (κ1) is 18.9. The Hall–Kier alpha value is -3.86. The van der Waals surface area contributed by atoms with Crippen LogP contribution in [0, 0.1) is 15.9 Å². The molecule has 0 bridgehead atoms. The van der Waals surface area contributed by atoms with Gasteiger partial charge < -0.3 is 5.32 Å². The summed E-state index contributed by atoms with van der Waals surface area (Å²) < 4.78 is 13.3. The SMILES string of the molecule is O=C(NNc1ncnc(Nc2ccc(F)c(Cl)c2)c1[N+](=O)[O-])c1ccncc1. The van der Waals surface area contributed by atoms with E-state index in [1.54, 1.807) is 0 Å². The average Bonchev–Trinajstić information content (AvgIpc) is 2.69. The Bertz CT molecular complexity index is 1040. The number of pyridine rings is 1. The first-order valence-electron chi connectivity index (χ1n) is 7.63. The van der Waals surface area contributed by atoms with Crippen LogP contribution in [-0.4, -0.2) is 25.8 Å². The second-order valence-electron chi connectivity index (χ2n) is 5.25. The van der Waals surface area contributed by atoms with Gasteiger partial charge in [0.15, 0.2) is 0 Å². The average molecular weight is 404 g/mol. The molecule has 2 heterocycles. The molecule has 2 aromatic heterocycles. The molecule has 28 heavy (non-hydrogen) atoms. The zero-order valence-electron chi connectivity index (χ0n) is 13.9. The largest absolute Gasteiger partial charge is 0.355 e. The molecule has 12 heteroatoms. The molecule has 10 nitrogen and oxygen atoms in total. The highest BCUT2D eigenvalue weighted by Gasteiger charge is 2.24. The van der Waals surface area contributed by atoms with Crippen LogP contribution in [0.3, 0.4) is 0 Å². The zero-order valence-corrected chi connectivity index (χ0v) is 14.6. The molecule has 0 aliphatic rings. The molecule has 3 aromatic rings. The molecule has 0 saturated carbocycles. The fourth-order valence-corrected chi connectivity index (χ4v) is 2.32. The van der Waals surface area contributed by atoms with Crippen molar-refractivity contribution in [3.63, 3.8) is 0 Å². The Labute approximate surface area is 161 Å². The van der Waals surface area contributed by atoms with Crippen molar-refractivity contribution in [3.8, 4) is 0 Å². The monoisotopic (exact) mass is 403 g/mol. The zero-order chi connectivity index (χ0) is 20.1. The van der Waals surface area contributed by atoms with Crippen molar-refractivity contribution >= 4 is 40.5 Å². The lowest BCUT2D eigenvalue weighted by molar-refractivity contribution is -0.383. The number of aromatic nitrogens is 3. The molecule has 142 valence electrons. The number of carbonyl (C=O) groups is 1. The number of rotatable bonds is 6. The second-order valence-corrected chi connectivity index (χ2v) is 5.65. The number of nitrogens with one attached hydrogen (secondary N) is 3. The summed E-state index contributed by atoms with van der Waals surface area (Å²) in [6.07, 6.45) is 3.91. The maximum absolute atomic E-state index is 13.3.